The van der Waals surface area contributed by atoms with Crippen molar-refractivity contribution in [1.82, 2.24) is 20.3 Å². The third kappa shape index (κ3) is 4.92. The molecule has 33 heavy (non-hydrogen) atoms. The van der Waals surface area contributed by atoms with E-state index in [4.69, 9.17) is 13.8 Å². The van der Waals surface area contributed by atoms with Gasteiger partial charge in [0.2, 0.25) is 17.5 Å². The van der Waals surface area contributed by atoms with E-state index >= 15 is 0 Å². The molecule has 0 spiro atoms. The van der Waals surface area contributed by atoms with E-state index in [2.05, 4.69) is 20.3 Å². The number of hydrogen-bond donors (Lipinski definition) is 0. The fourth-order valence-electron chi connectivity index (χ4n) is 2.98. The highest BCUT2D eigenvalue weighted by Gasteiger charge is 2.20. The Morgan fingerprint density at radius 1 is 0.879 bits per heavy atom. The largest absolute Gasteiger partial charge is 0.481 e. The number of nitrogens with zero attached hydrogens (tertiary/aromatic N) is 4. The van der Waals surface area contributed by atoms with E-state index in [0.29, 0.717) is 17.5 Å². The van der Waals surface area contributed by atoms with E-state index in [0.717, 1.165) is 17.9 Å². The molecule has 0 aliphatic rings. The first kappa shape index (κ1) is 22.6. The van der Waals surface area contributed by atoms with Crippen LogP contribution in [-0.2, 0) is 9.84 Å². The lowest BCUT2D eigenvalue weighted by atomic mass is 10.2. The highest BCUT2D eigenvalue weighted by molar-refractivity contribution is 7.90. The summed E-state index contributed by atoms with van der Waals surface area (Å²) < 4.78 is 53.7. The summed E-state index contributed by atoms with van der Waals surface area (Å²) in [5, 5.41) is 7.83. The first-order valence-corrected chi connectivity index (χ1v) is 11.9. The van der Waals surface area contributed by atoms with E-state index in [1.54, 1.807) is 19.1 Å². The minimum Gasteiger partial charge on any atom is -0.481 e. The molecule has 11 heteroatoms. The zero-order chi connectivity index (χ0) is 23.8. The standard InChI is InChI=1S/C22H21FN4O5S/c1-12(2)21-24-19(26-31-21)14-5-8-16(9-6-14)30-13(3)22-25-20(27-32-22)15-7-10-18(17(23)11-15)33(4,28)29/h5-13H,1-4H3. The van der Waals surface area contributed by atoms with Gasteiger partial charge in [-0.2, -0.15) is 9.97 Å². The Bertz CT molecular complexity index is 1380. The lowest BCUT2D eigenvalue weighted by Gasteiger charge is -2.10. The van der Waals surface area contributed by atoms with E-state index in [1.165, 1.54) is 12.1 Å². The SMILES string of the molecule is CC(C)c1nc(-c2ccc(OC(C)c3nc(-c4ccc(S(C)(=O)=O)c(F)c4)no3)cc2)no1. The highest BCUT2D eigenvalue weighted by Crippen LogP contribution is 2.27. The molecule has 172 valence electrons. The van der Waals surface area contributed by atoms with Crippen molar-refractivity contribution in [2.24, 2.45) is 0 Å². The molecule has 0 fully saturated rings. The van der Waals surface area contributed by atoms with Crippen LogP contribution in [0.4, 0.5) is 4.39 Å². The number of aromatic nitrogens is 4. The second kappa shape index (κ2) is 8.74. The molecule has 9 nitrogen and oxygen atoms in total. The van der Waals surface area contributed by atoms with Crippen LogP contribution in [0.25, 0.3) is 22.8 Å². The summed E-state index contributed by atoms with van der Waals surface area (Å²) in [6, 6.07) is 10.8. The Kier molecular flexibility index (Phi) is 5.98. The Balaban J connectivity index is 1.46. The van der Waals surface area contributed by atoms with Crippen LogP contribution in [0.1, 0.15) is 44.6 Å². The predicted molar refractivity (Wildman–Crippen MR) is 116 cm³/mol. The van der Waals surface area contributed by atoms with E-state index < -0.39 is 26.7 Å². The number of rotatable bonds is 7. The van der Waals surface area contributed by atoms with Crippen LogP contribution in [-0.4, -0.2) is 35.0 Å². The van der Waals surface area contributed by atoms with Gasteiger partial charge in [-0.1, -0.05) is 24.2 Å². The van der Waals surface area contributed by atoms with Crippen LogP contribution in [0.2, 0.25) is 0 Å². The molecule has 1 unspecified atom stereocenters. The second-order valence-corrected chi connectivity index (χ2v) is 9.75. The van der Waals surface area contributed by atoms with Gasteiger partial charge < -0.3 is 13.8 Å². The van der Waals surface area contributed by atoms with Crippen molar-refractivity contribution in [2.45, 2.75) is 37.7 Å². The van der Waals surface area contributed by atoms with Crippen LogP contribution >= 0.6 is 0 Å². The molecular formula is C22H21FN4O5S. The van der Waals surface area contributed by atoms with Gasteiger partial charge in [0.15, 0.2) is 15.9 Å². The monoisotopic (exact) mass is 472 g/mol. The minimum atomic E-state index is -3.67. The quantitative estimate of drug-likeness (QED) is 0.380. The van der Waals surface area contributed by atoms with Gasteiger partial charge in [-0.05, 0) is 49.4 Å². The van der Waals surface area contributed by atoms with Crippen LogP contribution in [0, 0.1) is 5.82 Å². The number of benzene rings is 2. The molecular weight excluding hydrogens is 451 g/mol. The molecule has 1 atom stereocenters. The summed E-state index contributed by atoms with van der Waals surface area (Å²) in [6.07, 6.45) is 0.351. The highest BCUT2D eigenvalue weighted by atomic mass is 32.2. The number of sulfone groups is 1. The van der Waals surface area contributed by atoms with Crippen molar-refractivity contribution in [3.63, 3.8) is 0 Å². The van der Waals surface area contributed by atoms with Gasteiger partial charge in [-0.25, -0.2) is 12.8 Å². The van der Waals surface area contributed by atoms with Crippen molar-refractivity contribution >= 4 is 9.84 Å². The maximum atomic E-state index is 14.2. The predicted octanol–water partition coefficient (Wildman–Crippen LogP) is 4.59. The van der Waals surface area contributed by atoms with Gasteiger partial charge in [0.05, 0.1) is 0 Å². The van der Waals surface area contributed by atoms with Gasteiger partial charge in [-0.3, -0.25) is 0 Å². The molecule has 0 saturated carbocycles. The van der Waals surface area contributed by atoms with Crippen molar-refractivity contribution < 1.29 is 26.6 Å². The maximum absolute atomic E-state index is 14.2. The normalized spacial score (nSPS) is 12.8. The summed E-state index contributed by atoms with van der Waals surface area (Å²) in [5.41, 5.74) is 1.07. The molecule has 0 bridgehead atoms. The van der Waals surface area contributed by atoms with Crippen LogP contribution in [0.3, 0.4) is 0 Å². The summed E-state index contributed by atoms with van der Waals surface area (Å²) in [6.45, 7) is 5.67. The van der Waals surface area contributed by atoms with E-state index in [9.17, 15) is 12.8 Å². The van der Waals surface area contributed by atoms with E-state index in [-0.39, 0.29) is 23.2 Å². The molecule has 0 N–H and O–H groups in total. The van der Waals surface area contributed by atoms with Gasteiger partial charge in [0, 0.05) is 23.3 Å². The van der Waals surface area contributed by atoms with Gasteiger partial charge in [0.25, 0.3) is 5.89 Å². The average molecular weight is 472 g/mol. The summed E-state index contributed by atoms with van der Waals surface area (Å²) in [4.78, 5) is 8.21. The zero-order valence-corrected chi connectivity index (χ0v) is 19.1. The Labute approximate surface area is 189 Å². The third-order valence-electron chi connectivity index (χ3n) is 4.74. The smallest absolute Gasteiger partial charge is 0.267 e. The zero-order valence-electron chi connectivity index (χ0n) is 18.3. The third-order valence-corrected chi connectivity index (χ3v) is 5.87. The Morgan fingerprint density at radius 2 is 1.45 bits per heavy atom. The number of hydrogen-bond acceptors (Lipinski definition) is 9. The van der Waals surface area contributed by atoms with Crippen molar-refractivity contribution in [2.75, 3.05) is 6.26 Å². The molecule has 4 rings (SSSR count). The van der Waals surface area contributed by atoms with Gasteiger partial charge >= 0.3 is 0 Å². The molecule has 0 aliphatic heterocycles. The molecule has 0 radical (unpaired) electrons. The lowest BCUT2D eigenvalue weighted by Crippen LogP contribution is -2.03. The molecule has 0 saturated heterocycles. The second-order valence-electron chi connectivity index (χ2n) is 7.77. The molecule has 2 heterocycles. The lowest BCUT2D eigenvalue weighted by molar-refractivity contribution is 0.176. The van der Waals surface area contributed by atoms with Gasteiger partial charge in [0.1, 0.15) is 16.5 Å². The van der Waals surface area contributed by atoms with Gasteiger partial charge in [-0.15, -0.1) is 0 Å². The van der Waals surface area contributed by atoms with Crippen LogP contribution in [0.15, 0.2) is 56.4 Å². The molecule has 0 aliphatic carbocycles. The van der Waals surface area contributed by atoms with Crippen molar-refractivity contribution in [3.05, 3.63) is 60.1 Å². The molecule has 0 amide bonds. The maximum Gasteiger partial charge on any atom is 0.267 e. The van der Waals surface area contributed by atoms with Crippen molar-refractivity contribution in [1.29, 1.82) is 0 Å². The van der Waals surface area contributed by atoms with Crippen LogP contribution < -0.4 is 4.74 Å². The van der Waals surface area contributed by atoms with Crippen molar-refractivity contribution in [3.8, 4) is 28.5 Å². The Morgan fingerprint density at radius 3 is 2.03 bits per heavy atom. The first-order valence-electron chi connectivity index (χ1n) is 10.1. The molecule has 2 aromatic carbocycles. The summed E-state index contributed by atoms with van der Waals surface area (Å²) in [7, 11) is -3.67. The van der Waals surface area contributed by atoms with Crippen LogP contribution in [0.5, 0.6) is 5.75 Å². The fourth-order valence-corrected chi connectivity index (χ4v) is 3.71. The topological polar surface area (TPSA) is 121 Å². The fraction of sp³-hybridized carbons (Fsp3) is 0.273. The molecule has 2 aromatic heterocycles. The Hall–Kier alpha value is -3.60. The number of halogens is 1. The minimum absolute atomic E-state index is 0.118. The molecule has 4 aromatic rings. The average Bonchev–Trinajstić information content (AvgIpc) is 3.44. The first-order chi connectivity index (χ1) is 15.6. The van der Waals surface area contributed by atoms with E-state index in [1.807, 2.05) is 26.0 Å². The summed E-state index contributed by atoms with van der Waals surface area (Å²) in [5.74, 6) is 1.18. The number of ether oxygens (including phenoxy) is 1. The summed E-state index contributed by atoms with van der Waals surface area (Å²) >= 11 is 0.